The lowest BCUT2D eigenvalue weighted by Gasteiger charge is -1.92. The summed E-state index contributed by atoms with van der Waals surface area (Å²) in [7, 11) is 0. The van der Waals surface area contributed by atoms with Crippen LogP contribution in [0.4, 0.5) is 0 Å². The standard InChI is InChI=1S/C7H10N2.C2H6/c1-6-3-7(2)9-5-8-4-6;1-2/h3-6H,1-2H3;1-2H3. The van der Waals surface area contributed by atoms with Crippen LogP contribution in [0, 0.1) is 5.92 Å². The van der Waals surface area contributed by atoms with E-state index in [1.54, 1.807) is 6.34 Å². The van der Waals surface area contributed by atoms with E-state index in [2.05, 4.69) is 23.0 Å². The quantitative estimate of drug-likeness (QED) is 0.510. The van der Waals surface area contributed by atoms with Crippen LogP contribution in [0.25, 0.3) is 0 Å². The first-order chi connectivity index (χ1) is 5.29. The molecule has 11 heavy (non-hydrogen) atoms. The van der Waals surface area contributed by atoms with Crippen molar-refractivity contribution in [3.8, 4) is 0 Å². The monoisotopic (exact) mass is 152 g/mol. The smallest absolute Gasteiger partial charge is 0.115 e. The Morgan fingerprint density at radius 3 is 2.64 bits per heavy atom. The predicted octanol–water partition coefficient (Wildman–Crippen LogP) is 2.67. The van der Waals surface area contributed by atoms with Crippen molar-refractivity contribution < 1.29 is 0 Å². The van der Waals surface area contributed by atoms with Crippen LogP contribution in [0.3, 0.4) is 0 Å². The molecule has 0 bridgehead atoms. The summed E-state index contributed by atoms with van der Waals surface area (Å²) in [5.41, 5.74) is 1.04. The fraction of sp³-hybridized carbons (Fsp3) is 0.556. The van der Waals surface area contributed by atoms with Crippen molar-refractivity contribution in [2.45, 2.75) is 27.7 Å². The Bertz CT molecular complexity index is 178. The average molecular weight is 152 g/mol. The van der Waals surface area contributed by atoms with Crippen molar-refractivity contribution in [1.29, 1.82) is 0 Å². The molecule has 1 heterocycles. The molecule has 0 aromatic rings. The third kappa shape index (κ3) is 4.48. The summed E-state index contributed by atoms with van der Waals surface area (Å²) in [5, 5.41) is 0. The topological polar surface area (TPSA) is 24.7 Å². The zero-order chi connectivity index (χ0) is 8.69. The highest BCUT2D eigenvalue weighted by Crippen LogP contribution is 2.03. The molecule has 1 unspecified atom stereocenters. The first-order valence-electron chi connectivity index (χ1n) is 4.03. The van der Waals surface area contributed by atoms with Crippen molar-refractivity contribution in [2.24, 2.45) is 15.9 Å². The minimum atomic E-state index is 0.424. The lowest BCUT2D eigenvalue weighted by atomic mass is 10.2. The second kappa shape index (κ2) is 5.83. The lowest BCUT2D eigenvalue weighted by Crippen LogP contribution is -1.88. The molecule has 0 aromatic heterocycles. The second-order valence-corrected chi connectivity index (χ2v) is 2.21. The molecular formula is C9H16N2. The minimum absolute atomic E-state index is 0.424. The molecule has 0 radical (unpaired) electrons. The molecule has 1 atom stereocenters. The maximum absolute atomic E-state index is 4.01. The molecule has 0 aliphatic carbocycles. The van der Waals surface area contributed by atoms with E-state index in [9.17, 15) is 0 Å². The predicted molar refractivity (Wildman–Crippen MR) is 51.3 cm³/mol. The van der Waals surface area contributed by atoms with Crippen molar-refractivity contribution in [3.05, 3.63) is 11.8 Å². The summed E-state index contributed by atoms with van der Waals surface area (Å²) >= 11 is 0. The first kappa shape index (κ1) is 10.1. The molecule has 2 heteroatoms. The van der Waals surface area contributed by atoms with Crippen LogP contribution in [0.1, 0.15) is 27.7 Å². The summed E-state index contributed by atoms with van der Waals surface area (Å²) in [6.45, 7) is 8.06. The van der Waals surface area contributed by atoms with Gasteiger partial charge in [-0.15, -0.1) is 0 Å². The van der Waals surface area contributed by atoms with E-state index in [4.69, 9.17) is 0 Å². The van der Waals surface area contributed by atoms with E-state index in [1.165, 1.54) is 0 Å². The van der Waals surface area contributed by atoms with E-state index in [0.717, 1.165) is 5.70 Å². The number of nitrogens with zero attached hydrogens (tertiary/aromatic N) is 2. The molecule has 0 N–H and O–H groups in total. The van der Waals surface area contributed by atoms with Crippen LogP contribution in [0.15, 0.2) is 21.8 Å². The third-order valence-corrected chi connectivity index (χ3v) is 1.15. The van der Waals surface area contributed by atoms with E-state index in [0.29, 0.717) is 5.92 Å². The van der Waals surface area contributed by atoms with Gasteiger partial charge < -0.3 is 0 Å². The van der Waals surface area contributed by atoms with Gasteiger partial charge in [-0.1, -0.05) is 26.8 Å². The Labute approximate surface area is 68.8 Å². The molecule has 0 spiro atoms. The van der Waals surface area contributed by atoms with Gasteiger partial charge in [0.1, 0.15) is 6.34 Å². The van der Waals surface area contributed by atoms with E-state index in [-0.39, 0.29) is 0 Å². The number of hydrogen-bond donors (Lipinski definition) is 0. The molecule has 1 aliphatic heterocycles. The number of aliphatic imine (C=N–C) groups is 2. The third-order valence-electron chi connectivity index (χ3n) is 1.15. The van der Waals surface area contributed by atoms with Crippen LogP contribution in [-0.2, 0) is 0 Å². The van der Waals surface area contributed by atoms with Gasteiger partial charge in [-0.05, 0) is 6.92 Å². The van der Waals surface area contributed by atoms with Crippen molar-refractivity contribution in [1.82, 2.24) is 0 Å². The first-order valence-corrected chi connectivity index (χ1v) is 4.03. The largest absolute Gasteiger partial charge is 0.249 e. The summed E-state index contributed by atoms with van der Waals surface area (Å²) in [6.07, 6.45) is 5.53. The fourth-order valence-electron chi connectivity index (χ4n) is 0.765. The van der Waals surface area contributed by atoms with Gasteiger partial charge in [0.05, 0.1) is 0 Å². The summed E-state index contributed by atoms with van der Waals surface area (Å²) < 4.78 is 0. The molecular weight excluding hydrogens is 136 g/mol. The normalized spacial score (nSPS) is 21.5. The molecule has 62 valence electrons. The Kier molecular flexibility index (Phi) is 5.35. The number of rotatable bonds is 0. The summed E-state index contributed by atoms with van der Waals surface area (Å²) in [6, 6.07) is 0. The van der Waals surface area contributed by atoms with Gasteiger partial charge in [-0.3, -0.25) is 0 Å². The molecule has 0 saturated carbocycles. The molecule has 0 saturated heterocycles. The Balaban J connectivity index is 0.000000461. The average Bonchev–Trinajstić information content (AvgIpc) is 2.18. The minimum Gasteiger partial charge on any atom is -0.249 e. The number of allylic oxidation sites excluding steroid dienone is 2. The summed E-state index contributed by atoms with van der Waals surface area (Å²) in [4.78, 5) is 7.95. The molecule has 1 rings (SSSR count). The maximum atomic E-state index is 4.01. The zero-order valence-corrected chi connectivity index (χ0v) is 7.70. The Hall–Kier alpha value is -0.920. The molecule has 0 amide bonds. The molecule has 0 aromatic carbocycles. The Morgan fingerprint density at radius 2 is 2.00 bits per heavy atom. The van der Waals surface area contributed by atoms with Gasteiger partial charge in [0.25, 0.3) is 0 Å². The van der Waals surface area contributed by atoms with Crippen molar-refractivity contribution >= 4 is 12.6 Å². The Morgan fingerprint density at radius 1 is 1.36 bits per heavy atom. The van der Waals surface area contributed by atoms with E-state index in [1.807, 2.05) is 27.0 Å². The van der Waals surface area contributed by atoms with Gasteiger partial charge in [0, 0.05) is 17.8 Å². The van der Waals surface area contributed by atoms with Crippen LogP contribution in [-0.4, -0.2) is 12.6 Å². The molecule has 2 nitrogen and oxygen atoms in total. The summed E-state index contributed by atoms with van der Waals surface area (Å²) in [5.74, 6) is 0.424. The highest BCUT2D eigenvalue weighted by Gasteiger charge is 1.94. The van der Waals surface area contributed by atoms with E-state index >= 15 is 0 Å². The van der Waals surface area contributed by atoms with Gasteiger partial charge in [0.2, 0.25) is 0 Å². The van der Waals surface area contributed by atoms with Crippen LogP contribution in [0.5, 0.6) is 0 Å². The van der Waals surface area contributed by atoms with Gasteiger partial charge in [-0.2, -0.15) is 0 Å². The SMILES string of the molecule is CC.CC1=CC(C)C=NC=N1. The van der Waals surface area contributed by atoms with Crippen LogP contribution >= 0.6 is 0 Å². The number of hydrogen-bond acceptors (Lipinski definition) is 2. The molecule has 1 aliphatic rings. The van der Waals surface area contributed by atoms with Crippen LogP contribution < -0.4 is 0 Å². The van der Waals surface area contributed by atoms with E-state index < -0.39 is 0 Å². The second-order valence-electron chi connectivity index (χ2n) is 2.21. The maximum Gasteiger partial charge on any atom is 0.115 e. The highest BCUT2D eigenvalue weighted by atomic mass is 14.9. The molecule has 0 fully saturated rings. The highest BCUT2D eigenvalue weighted by molar-refractivity contribution is 5.76. The zero-order valence-electron chi connectivity index (χ0n) is 7.70. The van der Waals surface area contributed by atoms with Gasteiger partial charge >= 0.3 is 0 Å². The van der Waals surface area contributed by atoms with Crippen LogP contribution in [0.2, 0.25) is 0 Å². The lowest BCUT2D eigenvalue weighted by molar-refractivity contribution is 1.01. The van der Waals surface area contributed by atoms with Crippen molar-refractivity contribution in [2.75, 3.05) is 0 Å². The van der Waals surface area contributed by atoms with Gasteiger partial charge in [-0.25, -0.2) is 9.98 Å². The fourth-order valence-corrected chi connectivity index (χ4v) is 0.765. The van der Waals surface area contributed by atoms with Gasteiger partial charge in [0.15, 0.2) is 0 Å². The van der Waals surface area contributed by atoms with Crippen molar-refractivity contribution in [3.63, 3.8) is 0 Å².